The number of carbonyl (C=O) groups excluding carboxylic acids is 1. The van der Waals surface area contributed by atoms with Gasteiger partial charge in [-0.15, -0.1) is 0 Å². The highest BCUT2D eigenvalue weighted by Gasteiger charge is 2.18. The molecule has 1 N–H and O–H groups in total. The maximum absolute atomic E-state index is 12.2. The van der Waals surface area contributed by atoms with Crippen molar-refractivity contribution in [3.05, 3.63) is 34.9 Å². The Morgan fingerprint density at radius 1 is 1.38 bits per heavy atom. The van der Waals surface area contributed by atoms with Gasteiger partial charge in [-0.25, -0.2) is 4.79 Å². The summed E-state index contributed by atoms with van der Waals surface area (Å²) < 4.78 is 10.5. The highest BCUT2D eigenvalue weighted by Crippen LogP contribution is 2.17. The lowest BCUT2D eigenvalue weighted by molar-refractivity contribution is -0.130. The fourth-order valence-corrected chi connectivity index (χ4v) is 2.16. The molecule has 2 aromatic heterocycles. The van der Waals surface area contributed by atoms with E-state index < -0.39 is 5.97 Å². The summed E-state index contributed by atoms with van der Waals surface area (Å²) in [7, 11) is 1.63. The lowest BCUT2D eigenvalue weighted by atomic mass is 10.2. The highest BCUT2D eigenvalue weighted by atomic mass is 16.5. The molecule has 8 nitrogen and oxygen atoms in total. The van der Waals surface area contributed by atoms with E-state index in [2.05, 4.69) is 10.1 Å². The zero-order chi connectivity index (χ0) is 17.9. The van der Waals surface area contributed by atoms with Crippen LogP contribution >= 0.6 is 0 Å². The summed E-state index contributed by atoms with van der Waals surface area (Å²) in [6.45, 7) is 5.71. The summed E-state index contributed by atoms with van der Waals surface area (Å²) in [4.78, 5) is 28.9. The molecule has 0 atom stereocenters. The molecule has 130 valence electrons. The minimum absolute atomic E-state index is 0.109. The van der Waals surface area contributed by atoms with E-state index in [1.54, 1.807) is 14.0 Å². The third-order valence-electron chi connectivity index (χ3n) is 3.57. The summed E-state index contributed by atoms with van der Waals surface area (Å²) in [5.74, 6) is 0.817. The van der Waals surface area contributed by atoms with Crippen molar-refractivity contribution in [1.82, 2.24) is 15.0 Å². The molecular formula is C16H21N3O5. The van der Waals surface area contributed by atoms with Gasteiger partial charge < -0.3 is 18.9 Å². The fraction of sp³-hybridized carbons (Fsp3) is 0.500. The van der Waals surface area contributed by atoms with Crippen molar-refractivity contribution in [2.45, 2.75) is 46.1 Å². The van der Waals surface area contributed by atoms with Crippen LogP contribution in [0, 0.1) is 6.92 Å². The second-order valence-electron chi connectivity index (χ2n) is 5.94. The van der Waals surface area contributed by atoms with Crippen molar-refractivity contribution in [2.24, 2.45) is 0 Å². The van der Waals surface area contributed by atoms with Crippen molar-refractivity contribution >= 4 is 11.9 Å². The topological polar surface area (TPSA) is 110 Å². The van der Waals surface area contributed by atoms with E-state index >= 15 is 0 Å². The molecule has 0 aliphatic rings. The predicted octanol–water partition coefficient (Wildman–Crippen LogP) is 2.38. The first kappa shape index (κ1) is 17.7. The van der Waals surface area contributed by atoms with Crippen LogP contribution in [0.4, 0.5) is 0 Å². The molecule has 0 unspecified atom stereocenters. The smallest absolute Gasteiger partial charge is 0.339 e. The Morgan fingerprint density at radius 2 is 2.08 bits per heavy atom. The number of amides is 1. The molecule has 0 spiro atoms. The van der Waals surface area contributed by atoms with Gasteiger partial charge in [-0.05, 0) is 13.0 Å². The number of carbonyl (C=O) groups is 2. The third-order valence-corrected chi connectivity index (χ3v) is 3.57. The first-order valence-electron chi connectivity index (χ1n) is 7.67. The van der Waals surface area contributed by atoms with Gasteiger partial charge in [-0.1, -0.05) is 19.0 Å². The van der Waals surface area contributed by atoms with E-state index in [1.165, 1.54) is 11.0 Å². The molecule has 0 aliphatic carbocycles. The van der Waals surface area contributed by atoms with Crippen LogP contribution in [0.3, 0.4) is 0 Å². The van der Waals surface area contributed by atoms with Gasteiger partial charge in [-0.2, -0.15) is 4.98 Å². The summed E-state index contributed by atoms with van der Waals surface area (Å²) in [5, 5.41) is 12.9. The molecule has 2 rings (SSSR count). The van der Waals surface area contributed by atoms with Gasteiger partial charge in [-0.3, -0.25) is 4.79 Å². The monoisotopic (exact) mass is 335 g/mol. The van der Waals surface area contributed by atoms with Crippen molar-refractivity contribution in [3.63, 3.8) is 0 Å². The average molecular weight is 335 g/mol. The number of hydrogen-bond donors (Lipinski definition) is 1. The molecule has 0 radical (unpaired) electrons. The van der Waals surface area contributed by atoms with Crippen LogP contribution in [0.1, 0.15) is 59.8 Å². The molecule has 1 amide bonds. The Balaban J connectivity index is 1.89. The number of carboxylic acids is 1. The van der Waals surface area contributed by atoms with Crippen LogP contribution in [-0.2, 0) is 17.8 Å². The summed E-state index contributed by atoms with van der Waals surface area (Å²) in [6, 6.07) is 1.44. The number of aromatic nitrogens is 2. The van der Waals surface area contributed by atoms with Crippen LogP contribution in [0.2, 0.25) is 0 Å². The van der Waals surface area contributed by atoms with Gasteiger partial charge in [0.2, 0.25) is 11.8 Å². The molecule has 0 saturated heterocycles. The summed E-state index contributed by atoms with van der Waals surface area (Å²) >= 11 is 0. The van der Waals surface area contributed by atoms with Crippen LogP contribution < -0.4 is 0 Å². The van der Waals surface area contributed by atoms with Crippen LogP contribution in [0.25, 0.3) is 0 Å². The Bertz CT molecular complexity index is 732. The van der Waals surface area contributed by atoms with E-state index in [9.17, 15) is 9.59 Å². The molecule has 0 bridgehead atoms. The van der Waals surface area contributed by atoms with Gasteiger partial charge in [0.05, 0.1) is 6.54 Å². The van der Waals surface area contributed by atoms with Gasteiger partial charge in [0.25, 0.3) is 0 Å². The quantitative estimate of drug-likeness (QED) is 0.827. The Kier molecular flexibility index (Phi) is 5.38. The van der Waals surface area contributed by atoms with Gasteiger partial charge in [0.15, 0.2) is 5.82 Å². The van der Waals surface area contributed by atoms with E-state index in [0.29, 0.717) is 29.7 Å². The lowest BCUT2D eigenvalue weighted by Crippen LogP contribution is -2.26. The second kappa shape index (κ2) is 7.29. The number of rotatable bonds is 7. The molecular weight excluding hydrogens is 314 g/mol. The van der Waals surface area contributed by atoms with Crippen LogP contribution in [0.15, 0.2) is 15.0 Å². The summed E-state index contributed by atoms with van der Waals surface area (Å²) in [6.07, 6.45) is 0.585. The SMILES string of the molecule is Cc1oc(CN(C)C(=O)CCc2nc(C(C)C)no2)cc1C(=O)O. The predicted molar refractivity (Wildman–Crippen MR) is 83.6 cm³/mol. The third kappa shape index (κ3) is 4.21. The number of nitrogens with zero attached hydrogens (tertiary/aromatic N) is 3. The van der Waals surface area contributed by atoms with Crippen molar-refractivity contribution < 1.29 is 23.6 Å². The van der Waals surface area contributed by atoms with Gasteiger partial charge in [0, 0.05) is 25.8 Å². The van der Waals surface area contributed by atoms with E-state index in [0.717, 1.165) is 0 Å². The minimum atomic E-state index is -1.05. The molecule has 0 aromatic carbocycles. The van der Waals surface area contributed by atoms with E-state index in [4.69, 9.17) is 14.0 Å². The van der Waals surface area contributed by atoms with Crippen LogP contribution in [-0.4, -0.2) is 39.1 Å². The standard InChI is InChI=1S/C16H21N3O5/c1-9(2)15-17-13(24-18-15)5-6-14(20)19(4)8-11-7-12(16(21)22)10(3)23-11/h7,9H,5-6,8H2,1-4H3,(H,21,22). The van der Waals surface area contributed by atoms with Gasteiger partial charge in [0.1, 0.15) is 17.1 Å². The number of aryl methyl sites for hydroxylation is 2. The van der Waals surface area contributed by atoms with E-state index in [1.807, 2.05) is 13.8 Å². The zero-order valence-corrected chi connectivity index (χ0v) is 14.2. The molecule has 2 aromatic rings. The molecule has 8 heteroatoms. The summed E-state index contributed by atoms with van der Waals surface area (Å²) in [5.41, 5.74) is 0.109. The Morgan fingerprint density at radius 3 is 2.62 bits per heavy atom. The second-order valence-corrected chi connectivity index (χ2v) is 5.94. The normalized spacial score (nSPS) is 11.0. The average Bonchev–Trinajstić information content (AvgIpc) is 3.11. The fourth-order valence-electron chi connectivity index (χ4n) is 2.16. The van der Waals surface area contributed by atoms with Crippen molar-refractivity contribution in [1.29, 1.82) is 0 Å². The number of hydrogen-bond acceptors (Lipinski definition) is 6. The zero-order valence-electron chi connectivity index (χ0n) is 14.2. The first-order chi connectivity index (χ1) is 11.3. The maximum Gasteiger partial charge on any atom is 0.339 e. The highest BCUT2D eigenvalue weighted by molar-refractivity contribution is 5.88. The number of furan rings is 1. The minimum Gasteiger partial charge on any atom is -0.478 e. The number of aromatic carboxylic acids is 1. The van der Waals surface area contributed by atoms with E-state index in [-0.39, 0.29) is 30.4 Å². The molecule has 24 heavy (non-hydrogen) atoms. The maximum atomic E-state index is 12.2. The molecule has 0 saturated carbocycles. The van der Waals surface area contributed by atoms with Crippen molar-refractivity contribution in [3.8, 4) is 0 Å². The van der Waals surface area contributed by atoms with Crippen LogP contribution in [0.5, 0.6) is 0 Å². The number of carboxylic acid groups (broad SMARTS) is 1. The Hall–Kier alpha value is -2.64. The largest absolute Gasteiger partial charge is 0.478 e. The molecule has 0 aliphatic heterocycles. The first-order valence-corrected chi connectivity index (χ1v) is 7.67. The van der Waals surface area contributed by atoms with Gasteiger partial charge >= 0.3 is 5.97 Å². The molecule has 2 heterocycles. The molecule has 0 fully saturated rings. The Labute approximate surface area is 139 Å². The van der Waals surface area contributed by atoms with Crippen molar-refractivity contribution in [2.75, 3.05) is 7.05 Å². The lowest BCUT2D eigenvalue weighted by Gasteiger charge is -2.14.